The first-order valence-corrected chi connectivity index (χ1v) is 18.7. The summed E-state index contributed by atoms with van der Waals surface area (Å²) >= 11 is 0. The Morgan fingerprint density at radius 2 is 1.74 bits per heavy atom. The van der Waals surface area contributed by atoms with E-state index in [2.05, 4.69) is 30.9 Å². The predicted molar refractivity (Wildman–Crippen MR) is 205 cm³/mol. The van der Waals surface area contributed by atoms with E-state index in [0.29, 0.717) is 42.2 Å². The number of rotatable bonds is 14. The number of halogens is 2. The van der Waals surface area contributed by atoms with Crippen LogP contribution in [0.1, 0.15) is 95.3 Å². The average Bonchev–Trinajstić information content (AvgIpc) is 3.66. The maximum Gasteiger partial charge on any atom is 0.266 e. The molecule has 5 aromatic rings. The van der Waals surface area contributed by atoms with Crippen molar-refractivity contribution in [1.82, 2.24) is 35.1 Å². The Balaban J connectivity index is 0.859. The molecule has 16 heteroatoms. The minimum absolute atomic E-state index is 0.0122. The molecule has 5 amide bonds. The number of benzene rings is 3. The molecule has 0 saturated carbocycles. The Bertz CT molecular complexity index is 2410. The molecule has 0 aliphatic carbocycles. The Morgan fingerprint density at radius 3 is 2.49 bits per heavy atom. The smallest absolute Gasteiger partial charge is 0.266 e. The molecule has 57 heavy (non-hydrogen) atoms. The molecule has 3 aromatic carbocycles. The van der Waals surface area contributed by atoms with Gasteiger partial charge in [-0.2, -0.15) is 0 Å². The molecule has 1 unspecified atom stereocenters. The number of imide groups is 2. The molecular formula is C41H40F2N8O6. The molecule has 0 radical (unpaired) electrons. The summed E-state index contributed by atoms with van der Waals surface area (Å²) in [7, 11) is 0. The molecule has 1 saturated heterocycles. The third-order valence-corrected chi connectivity index (χ3v) is 9.91. The summed E-state index contributed by atoms with van der Waals surface area (Å²) in [5.74, 6) is -2.84. The summed E-state index contributed by atoms with van der Waals surface area (Å²) in [4.78, 5) is 76.6. The number of amides is 5. The topological polar surface area (TPSA) is 178 Å². The van der Waals surface area contributed by atoms with E-state index in [4.69, 9.17) is 4.74 Å². The molecule has 1 atom stereocenters. The van der Waals surface area contributed by atoms with Crippen molar-refractivity contribution in [2.75, 3.05) is 18.5 Å². The van der Waals surface area contributed by atoms with Crippen molar-refractivity contribution in [3.05, 3.63) is 94.9 Å². The molecule has 1 fully saturated rings. The number of fused-ring (bicyclic) bond motifs is 2. The molecule has 0 bridgehead atoms. The first-order chi connectivity index (χ1) is 27.4. The summed E-state index contributed by atoms with van der Waals surface area (Å²) < 4.78 is 37.8. The number of aromatic nitrogens is 4. The van der Waals surface area contributed by atoms with E-state index >= 15 is 4.39 Å². The van der Waals surface area contributed by atoms with Crippen molar-refractivity contribution in [1.29, 1.82) is 0 Å². The number of anilines is 2. The van der Waals surface area contributed by atoms with E-state index in [0.717, 1.165) is 30.4 Å². The van der Waals surface area contributed by atoms with Gasteiger partial charge in [0.05, 0.1) is 29.4 Å². The molecule has 2 aliphatic rings. The second-order valence-corrected chi connectivity index (χ2v) is 14.2. The van der Waals surface area contributed by atoms with Crippen LogP contribution in [0, 0.1) is 18.6 Å². The molecule has 14 nitrogen and oxygen atoms in total. The van der Waals surface area contributed by atoms with Gasteiger partial charge in [0.2, 0.25) is 17.8 Å². The van der Waals surface area contributed by atoms with Crippen LogP contribution < -0.4 is 20.7 Å². The van der Waals surface area contributed by atoms with Gasteiger partial charge in [0.1, 0.15) is 28.8 Å². The monoisotopic (exact) mass is 778 g/mol. The minimum Gasteiger partial charge on any atom is -0.493 e. The zero-order valence-corrected chi connectivity index (χ0v) is 31.5. The summed E-state index contributed by atoms with van der Waals surface area (Å²) in [6, 6.07) is 13.2. The fourth-order valence-corrected chi connectivity index (χ4v) is 7.19. The van der Waals surface area contributed by atoms with Gasteiger partial charge in [-0.25, -0.2) is 23.7 Å². The van der Waals surface area contributed by atoms with Crippen molar-refractivity contribution in [3.8, 4) is 17.0 Å². The number of carbonyl (C=O) groups excluding carboxylic acids is 5. The second kappa shape index (κ2) is 16.3. The fraction of sp³-hybridized carbons (Fsp3) is 0.317. The number of imidazole rings is 1. The van der Waals surface area contributed by atoms with Crippen molar-refractivity contribution in [2.45, 2.75) is 71.4 Å². The van der Waals surface area contributed by atoms with Gasteiger partial charge < -0.3 is 19.9 Å². The van der Waals surface area contributed by atoms with E-state index < -0.39 is 41.3 Å². The molecule has 4 heterocycles. The lowest BCUT2D eigenvalue weighted by molar-refractivity contribution is -0.136. The van der Waals surface area contributed by atoms with E-state index in [1.54, 1.807) is 49.4 Å². The van der Waals surface area contributed by atoms with Crippen molar-refractivity contribution >= 4 is 52.2 Å². The van der Waals surface area contributed by atoms with Gasteiger partial charge in [0.15, 0.2) is 11.6 Å². The number of unbranched alkanes of at least 4 members (excludes halogenated alkanes) is 3. The number of hydrogen-bond donors (Lipinski definition) is 3. The average molecular weight is 779 g/mol. The van der Waals surface area contributed by atoms with Gasteiger partial charge in [-0.3, -0.25) is 34.2 Å². The number of ether oxygens (including phenoxy) is 1. The van der Waals surface area contributed by atoms with E-state index in [-0.39, 0.29) is 64.4 Å². The molecule has 2 aromatic heterocycles. The molecule has 7 rings (SSSR count). The third-order valence-electron chi connectivity index (χ3n) is 9.91. The van der Waals surface area contributed by atoms with E-state index in [1.165, 1.54) is 12.1 Å². The highest BCUT2D eigenvalue weighted by Gasteiger charge is 2.46. The first-order valence-electron chi connectivity index (χ1n) is 18.7. The van der Waals surface area contributed by atoms with Gasteiger partial charge in [-0.05, 0) is 88.6 Å². The Morgan fingerprint density at radius 1 is 0.965 bits per heavy atom. The molecular weight excluding hydrogens is 738 g/mol. The summed E-state index contributed by atoms with van der Waals surface area (Å²) in [5.41, 5.74) is 2.20. The standard InChI is InChI=1S/C41H40F2N8O6/c1-22(2)50-23(3)46-36-28(42)19-25(20-31(36)50)35-29(43)21-45-41(49-35)47-26-13-11-24(12-14-26)37(53)44-17-6-4-5-7-18-57-32-10-8-9-27-34(32)40(56)51(39(27)55)30-15-16-33(52)48-38(30)54/h8-14,19-22,30H,4-7,15-18H2,1-3H3,(H,44,53)(H,45,47,49)(H,48,52,54). The Kier molecular flexibility index (Phi) is 11.0. The number of piperidine rings is 1. The highest BCUT2D eigenvalue weighted by atomic mass is 19.1. The summed E-state index contributed by atoms with van der Waals surface area (Å²) in [6.07, 6.45) is 4.12. The largest absolute Gasteiger partial charge is 0.493 e. The summed E-state index contributed by atoms with van der Waals surface area (Å²) in [5, 5.41) is 8.11. The van der Waals surface area contributed by atoms with Crippen LogP contribution in [-0.4, -0.2) is 73.1 Å². The zero-order chi connectivity index (χ0) is 40.4. The molecule has 0 spiro atoms. The predicted octanol–water partition coefficient (Wildman–Crippen LogP) is 6.17. The highest BCUT2D eigenvalue weighted by molar-refractivity contribution is 6.24. The number of hydrogen-bond acceptors (Lipinski definition) is 10. The van der Waals surface area contributed by atoms with Crippen LogP contribution in [-0.2, 0) is 9.59 Å². The number of aryl methyl sites for hydroxylation is 1. The Hall–Kier alpha value is -6.58. The van der Waals surface area contributed by atoms with Crippen LogP contribution in [0.15, 0.2) is 60.8 Å². The van der Waals surface area contributed by atoms with Crippen LogP contribution in [0.4, 0.5) is 20.4 Å². The molecule has 294 valence electrons. The number of nitrogens with zero attached hydrogens (tertiary/aromatic N) is 5. The van der Waals surface area contributed by atoms with E-state index in [1.807, 2.05) is 18.4 Å². The van der Waals surface area contributed by atoms with Crippen LogP contribution in [0.3, 0.4) is 0 Å². The van der Waals surface area contributed by atoms with Crippen LogP contribution >= 0.6 is 0 Å². The van der Waals surface area contributed by atoms with Gasteiger partial charge in [0, 0.05) is 35.8 Å². The first kappa shape index (κ1) is 38.7. The van der Waals surface area contributed by atoms with Crippen molar-refractivity contribution < 1.29 is 37.5 Å². The highest BCUT2D eigenvalue weighted by Crippen LogP contribution is 2.34. The lowest BCUT2D eigenvalue weighted by atomic mass is 10.0. The van der Waals surface area contributed by atoms with Crippen LogP contribution in [0.25, 0.3) is 22.3 Å². The normalized spacial score (nSPS) is 15.3. The second-order valence-electron chi connectivity index (χ2n) is 14.2. The van der Waals surface area contributed by atoms with Gasteiger partial charge >= 0.3 is 0 Å². The van der Waals surface area contributed by atoms with E-state index in [9.17, 15) is 28.4 Å². The fourth-order valence-electron chi connectivity index (χ4n) is 7.19. The molecule has 2 aliphatic heterocycles. The van der Waals surface area contributed by atoms with Gasteiger partial charge in [0.25, 0.3) is 17.7 Å². The lowest BCUT2D eigenvalue weighted by Gasteiger charge is -2.27. The molecule has 3 N–H and O–H groups in total. The van der Waals surface area contributed by atoms with Gasteiger partial charge in [-0.1, -0.05) is 18.9 Å². The lowest BCUT2D eigenvalue weighted by Crippen LogP contribution is -2.54. The minimum atomic E-state index is -1.05. The number of carbonyl (C=O) groups is 5. The van der Waals surface area contributed by atoms with Crippen LogP contribution in [0.5, 0.6) is 5.75 Å². The van der Waals surface area contributed by atoms with Gasteiger partial charge in [-0.15, -0.1) is 0 Å². The quantitative estimate of drug-likeness (QED) is 0.0872. The Labute approximate surface area is 326 Å². The third kappa shape index (κ3) is 7.92. The number of nitrogens with one attached hydrogen (secondary N) is 3. The van der Waals surface area contributed by atoms with Crippen molar-refractivity contribution in [3.63, 3.8) is 0 Å². The SMILES string of the molecule is Cc1nc2c(F)cc(-c3nc(Nc4ccc(C(=O)NCCCCCCOc5cccc6c5C(=O)N(C5CCC(=O)NC5=O)C6=O)cc4)ncc3F)cc2n1C(C)C. The van der Waals surface area contributed by atoms with Crippen molar-refractivity contribution in [2.24, 2.45) is 0 Å². The zero-order valence-electron chi connectivity index (χ0n) is 31.5. The maximum atomic E-state index is 15.1. The maximum absolute atomic E-state index is 15.1. The van der Waals surface area contributed by atoms with Crippen LogP contribution in [0.2, 0.25) is 0 Å². The summed E-state index contributed by atoms with van der Waals surface area (Å²) in [6.45, 7) is 6.46.